The molecule has 0 aromatic rings. The molecular weight excluding hydrogens is 256 g/mol. The summed E-state index contributed by atoms with van der Waals surface area (Å²) >= 11 is 0. The summed E-state index contributed by atoms with van der Waals surface area (Å²) in [6.45, 7) is 1.74. The summed E-state index contributed by atoms with van der Waals surface area (Å²) in [4.78, 5) is 14.1. The van der Waals surface area contributed by atoms with Crippen molar-refractivity contribution in [2.45, 2.75) is 43.9 Å². The second-order valence-corrected chi connectivity index (χ2v) is 7.00. The number of hydrogen-bond donors (Lipinski definition) is 1. The number of piperidine rings is 3. The van der Waals surface area contributed by atoms with E-state index in [1.807, 2.05) is 11.0 Å². The quantitative estimate of drug-likeness (QED) is 0.522. The first kappa shape index (κ1) is 12.8. The maximum absolute atomic E-state index is 13.1. The van der Waals surface area contributed by atoms with Crippen LogP contribution in [0.5, 0.6) is 0 Å². The van der Waals surface area contributed by atoms with Crippen LogP contribution in [-0.4, -0.2) is 58.4 Å². The van der Waals surface area contributed by atoms with E-state index in [1.54, 1.807) is 6.08 Å². The monoisotopic (exact) mass is 278 g/mol. The Kier molecular flexibility index (Phi) is 2.75. The van der Waals surface area contributed by atoms with E-state index in [4.69, 9.17) is 0 Å². The summed E-state index contributed by atoms with van der Waals surface area (Å²) < 4.78 is -0.210. The number of fused-ring (bicyclic) bond motifs is 2. The SMILES string of the molecule is O=C1C=CC[C@@H]2[C@H]3C[C@H](O)C[N@+]4([O-])CCC[C@@H](CN12)[C@@H]34. The average Bonchev–Trinajstić information content (AvgIpc) is 2.39. The van der Waals surface area contributed by atoms with Gasteiger partial charge in [-0.15, -0.1) is 0 Å². The zero-order chi connectivity index (χ0) is 13.9. The summed E-state index contributed by atoms with van der Waals surface area (Å²) in [6, 6.07) is 0.237. The van der Waals surface area contributed by atoms with Gasteiger partial charge in [0.1, 0.15) is 12.6 Å². The smallest absolute Gasteiger partial charge is 0.246 e. The molecule has 4 aliphatic heterocycles. The Labute approximate surface area is 119 Å². The molecule has 5 heteroatoms. The van der Waals surface area contributed by atoms with E-state index in [0.717, 1.165) is 25.8 Å². The minimum atomic E-state index is -0.506. The van der Waals surface area contributed by atoms with Gasteiger partial charge in [-0.2, -0.15) is 0 Å². The van der Waals surface area contributed by atoms with E-state index >= 15 is 0 Å². The zero-order valence-corrected chi connectivity index (χ0v) is 11.6. The Hall–Kier alpha value is -0.910. The number of carbonyl (C=O) groups excluding carboxylic acids is 1. The van der Waals surface area contributed by atoms with Crippen LogP contribution in [0.25, 0.3) is 0 Å². The number of aliphatic hydroxyl groups excluding tert-OH is 1. The number of carbonyl (C=O) groups is 1. The topological polar surface area (TPSA) is 63.6 Å². The maximum atomic E-state index is 13.1. The summed E-state index contributed by atoms with van der Waals surface area (Å²) in [7, 11) is 0. The molecule has 1 N–H and O–H groups in total. The molecule has 0 radical (unpaired) electrons. The molecule has 3 fully saturated rings. The van der Waals surface area contributed by atoms with Gasteiger partial charge in [-0.25, -0.2) is 0 Å². The summed E-state index contributed by atoms with van der Waals surface area (Å²) in [5.74, 6) is 0.587. The van der Waals surface area contributed by atoms with Crippen molar-refractivity contribution in [3.8, 4) is 0 Å². The lowest BCUT2D eigenvalue weighted by Gasteiger charge is -2.64. The zero-order valence-electron chi connectivity index (χ0n) is 11.6. The number of rotatable bonds is 0. The molecule has 110 valence electrons. The first-order valence-corrected chi connectivity index (χ1v) is 7.81. The van der Waals surface area contributed by atoms with E-state index in [-0.39, 0.29) is 28.6 Å². The minimum Gasteiger partial charge on any atom is -0.633 e. The number of nitrogens with zero attached hydrogens (tertiary/aromatic N) is 2. The van der Waals surface area contributed by atoms with Gasteiger partial charge in [0.05, 0.1) is 12.6 Å². The fourth-order valence-corrected chi connectivity index (χ4v) is 5.28. The first-order valence-electron chi connectivity index (χ1n) is 7.81. The molecule has 0 unspecified atom stereocenters. The Balaban J connectivity index is 1.73. The maximum Gasteiger partial charge on any atom is 0.246 e. The lowest BCUT2D eigenvalue weighted by atomic mass is 9.68. The van der Waals surface area contributed by atoms with Crippen LogP contribution in [0.1, 0.15) is 25.7 Å². The second kappa shape index (κ2) is 4.29. The van der Waals surface area contributed by atoms with Crippen LogP contribution in [0, 0.1) is 17.0 Å². The van der Waals surface area contributed by atoms with E-state index in [2.05, 4.69) is 0 Å². The molecule has 20 heavy (non-hydrogen) atoms. The van der Waals surface area contributed by atoms with Crippen LogP contribution < -0.4 is 0 Å². The van der Waals surface area contributed by atoms with Gasteiger partial charge < -0.3 is 19.9 Å². The van der Waals surface area contributed by atoms with Crippen LogP contribution in [0.3, 0.4) is 0 Å². The van der Waals surface area contributed by atoms with Gasteiger partial charge in [0.15, 0.2) is 0 Å². The third kappa shape index (κ3) is 1.70. The Morgan fingerprint density at radius 2 is 2.30 bits per heavy atom. The lowest BCUT2D eigenvalue weighted by molar-refractivity contribution is -0.929. The number of aliphatic hydroxyl groups is 1. The van der Waals surface area contributed by atoms with Crippen molar-refractivity contribution in [3.05, 3.63) is 17.4 Å². The fraction of sp³-hybridized carbons (Fsp3) is 0.800. The first-order chi connectivity index (χ1) is 9.58. The van der Waals surface area contributed by atoms with E-state index in [0.29, 0.717) is 25.4 Å². The van der Waals surface area contributed by atoms with Gasteiger partial charge in [-0.05, 0) is 31.8 Å². The lowest BCUT2D eigenvalue weighted by Crippen LogP contribution is -2.73. The van der Waals surface area contributed by atoms with Gasteiger partial charge in [0, 0.05) is 24.4 Å². The third-order valence-electron chi connectivity index (χ3n) is 5.89. The molecule has 4 heterocycles. The Bertz CT molecular complexity index is 466. The highest BCUT2D eigenvalue weighted by atomic mass is 16.6. The highest BCUT2D eigenvalue weighted by molar-refractivity contribution is 5.88. The van der Waals surface area contributed by atoms with Crippen molar-refractivity contribution in [1.82, 2.24) is 4.90 Å². The molecule has 0 bridgehead atoms. The van der Waals surface area contributed by atoms with Crippen molar-refractivity contribution in [2.24, 2.45) is 11.8 Å². The predicted octanol–water partition coefficient (Wildman–Crippen LogP) is 0.631. The van der Waals surface area contributed by atoms with Gasteiger partial charge in [0.2, 0.25) is 5.91 Å². The number of hydrogen-bond acceptors (Lipinski definition) is 3. The summed E-state index contributed by atoms with van der Waals surface area (Å²) in [5.41, 5.74) is 0. The van der Waals surface area contributed by atoms with E-state index in [9.17, 15) is 15.1 Å². The van der Waals surface area contributed by atoms with Crippen LogP contribution in [0.4, 0.5) is 0 Å². The van der Waals surface area contributed by atoms with Crippen LogP contribution in [-0.2, 0) is 4.79 Å². The molecule has 4 rings (SSSR count). The molecule has 6 atom stereocenters. The molecule has 4 aliphatic rings. The summed E-state index contributed by atoms with van der Waals surface area (Å²) in [6.07, 6.45) is 6.60. The van der Waals surface area contributed by atoms with Gasteiger partial charge in [-0.3, -0.25) is 4.79 Å². The van der Waals surface area contributed by atoms with Gasteiger partial charge in [-0.1, -0.05) is 6.08 Å². The van der Waals surface area contributed by atoms with Gasteiger partial charge >= 0.3 is 0 Å². The molecule has 3 saturated heterocycles. The normalized spacial score (nSPS) is 50.6. The Morgan fingerprint density at radius 3 is 3.15 bits per heavy atom. The van der Waals surface area contributed by atoms with Crippen LogP contribution in [0.2, 0.25) is 0 Å². The van der Waals surface area contributed by atoms with Crippen LogP contribution >= 0.6 is 0 Å². The molecule has 0 aliphatic carbocycles. The van der Waals surface area contributed by atoms with E-state index in [1.165, 1.54) is 0 Å². The minimum absolute atomic E-state index is 0.0920. The molecule has 0 aromatic carbocycles. The van der Waals surface area contributed by atoms with Crippen molar-refractivity contribution in [3.63, 3.8) is 0 Å². The number of hydroxylamine groups is 3. The van der Waals surface area contributed by atoms with Crippen molar-refractivity contribution in [1.29, 1.82) is 0 Å². The average molecular weight is 278 g/mol. The molecule has 0 spiro atoms. The molecular formula is C15H22N2O3. The third-order valence-corrected chi connectivity index (χ3v) is 5.89. The number of quaternary nitrogens is 1. The van der Waals surface area contributed by atoms with E-state index < -0.39 is 6.10 Å². The molecule has 5 nitrogen and oxygen atoms in total. The van der Waals surface area contributed by atoms with Crippen molar-refractivity contribution >= 4 is 5.91 Å². The standard InChI is InChI=1S/C15H22N2O3/c18-11-7-12-13-4-1-5-14(19)16(13)8-10-3-2-6-17(20,9-11)15(10)12/h1,5,10-13,15,18H,2-4,6-9H2/t10-,11-,12+,13+,15-,17+/m0/s1. The second-order valence-electron chi connectivity index (χ2n) is 7.00. The van der Waals surface area contributed by atoms with Crippen LogP contribution in [0.15, 0.2) is 12.2 Å². The molecule has 0 aromatic heterocycles. The van der Waals surface area contributed by atoms with Crippen molar-refractivity contribution < 1.29 is 14.5 Å². The highest BCUT2D eigenvalue weighted by Crippen LogP contribution is 2.47. The Morgan fingerprint density at radius 1 is 1.45 bits per heavy atom. The predicted molar refractivity (Wildman–Crippen MR) is 73.2 cm³/mol. The highest BCUT2D eigenvalue weighted by Gasteiger charge is 2.56. The largest absolute Gasteiger partial charge is 0.633 e. The molecule has 0 saturated carbocycles. The molecule has 1 amide bonds. The van der Waals surface area contributed by atoms with Gasteiger partial charge in [0.25, 0.3) is 0 Å². The van der Waals surface area contributed by atoms with Crippen molar-refractivity contribution in [2.75, 3.05) is 19.6 Å². The summed E-state index contributed by atoms with van der Waals surface area (Å²) in [5, 5.41) is 23.3. The fourth-order valence-electron chi connectivity index (χ4n) is 5.28. The number of amides is 1.